The highest BCUT2D eigenvalue weighted by molar-refractivity contribution is 6.22. The second kappa shape index (κ2) is 5.07. The van der Waals surface area contributed by atoms with E-state index in [1.54, 1.807) is 0 Å². The molecule has 2 rings (SSSR count). The van der Waals surface area contributed by atoms with Gasteiger partial charge in [-0.05, 0) is 30.7 Å². The molecular weight excluding hydrogens is 258 g/mol. The Morgan fingerprint density at radius 1 is 1.30 bits per heavy atom. The van der Waals surface area contributed by atoms with Crippen LogP contribution in [0.5, 0.6) is 0 Å². The number of imide groups is 1. The Hall–Kier alpha value is -2.17. The minimum atomic E-state index is -1.04. The molecule has 0 unspecified atom stereocenters. The standard InChI is InChI=1S/C15H17NO4/c1-3-8-15(2)9-12(17)16(14(15)20)11-6-4-10(5-7-11)13(18)19/h4-7H,3,8-9H2,1-2H3,(H,18,19)/t15-/m1/s1. The van der Waals surface area contributed by atoms with Crippen LogP contribution in [0.15, 0.2) is 24.3 Å². The lowest BCUT2D eigenvalue weighted by Crippen LogP contribution is -2.34. The van der Waals surface area contributed by atoms with Crippen LogP contribution < -0.4 is 4.90 Å². The minimum absolute atomic E-state index is 0.129. The van der Waals surface area contributed by atoms with Crippen molar-refractivity contribution in [1.82, 2.24) is 0 Å². The van der Waals surface area contributed by atoms with Crippen molar-refractivity contribution in [2.45, 2.75) is 33.1 Å². The number of carboxylic acid groups (broad SMARTS) is 1. The molecule has 20 heavy (non-hydrogen) atoms. The third-order valence-corrected chi connectivity index (χ3v) is 3.68. The molecule has 1 aliphatic heterocycles. The predicted molar refractivity (Wildman–Crippen MR) is 73.5 cm³/mol. The Morgan fingerprint density at radius 3 is 2.40 bits per heavy atom. The van der Waals surface area contributed by atoms with Gasteiger partial charge in [-0.25, -0.2) is 4.79 Å². The van der Waals surface area contributed by atoms with Crippen LogP contribution in [-0.2, 0) is 9.59 Å². The fourth-order valence-corrected chi connectivity index (χ4v) is 2.63. The third kappa shape index (κ3) is 2.31. The number of hydrogen-bond donors (Lipinski definition) is 1. The average Bonchev–Trinajstić information content (AvgIpc) is 2.60. The monoisotopic (exact) mass is 275 g/mol. The Labute approximate surface area is 117 Å². The highest BCUT2D eigenvalue weighted by atomic mass is 16.4. The van der Waals surface area contributed by atoms with E-state index in [1.165, 1.54) is 29.2 Å². The van der Waals surface area contributed by atoms with E-state index in [0.717, 1.165) is 6.42 Å². The largest absolute Gasteiger partial charge is 0.478 e. The summed E-state index contributed by atoms with van der Waals surface area (Å²) in [6.45, 7) is 3.79. The summed E-state index contributed by atoms with van der Waals surface area (Å²) in [6.07, 6.45) is 1.71. The summed E-state index contributed by atoms with van der Waals surface area (Å²) in [7, 11) is 0. The van der Waals surface area contributed by atoms with Gasteiger partial charge in [-0.15, -0.1) is 0 Å². The second-order valence-electron chi connectivity index (χ2n) is 5.37. The first-order chi connectivity index (χ1) is 9.39. The summed E-state index contributed by atoms with van der Waals surface area (Å²) < 4.78 is 0. The summed E-state index contributed by atoms with van der Waals surface area (Å²) in [6, 6.07) is 5.79. The summed E-state index contributed by atoms with van der Waals surface area (Å²) in [4.78, 5) is 36.5. The first-order valence-corrected chi connectivity index (χ1v) is 6.60. The van der Waals surface area contributed by atoms with E-state index in [2.05, 4.69) is 0 Å². The van der Waals surface area contributed by atoms with Crippen LogP contribution in [0.3, 0.4) is 0 Å². The van der Waals surface area contributed by atoms with Gasteiger partial charge in [0.2, 0.25) is 11.8 Å². The summed E-state index contributed by atoms with van der Waals surface area (Å²) in [5.41, 5.74) is -0.0777. The molecule has 0 spiro atoms. The molecule has 1 N–H and O–H groups in total. The summed E-state index contributed by atoms with van der Waals surface area (Å²) >= 11 is 0. The van der Waals surface area contributed by atoms with Gasteiger partial charge in [0.05, 0.1) is 16.7 Å². The van der Waals surface area contributed by atoms with E-state index in [-0.39, 0.29) is 23.8 Å². The van der Waals surface area contributed by atoms with Crippen molar-refractivity contribution < 1.29 is 19.5 Å². The maximum atomic E-state index is 12.4. The summed E-state index contributed by atoms with van der Waals surface area (Å²) in [5, 5.41) is 8.85. The normalized spacial score (nSPS) is 22.4. The van der Waals surface area contributed by atoms with Gasteiger partial charge in [0.1, 0.15) is 0 Å². The SMILES string of the molecule is CCC[C@]1(C)CC(=O)N(c2ccc(C(=O)O)cc2)C1=O. The third-order valence-electron chi connectivity index (χ3n) is 3.68. The number of carbonyl (C=O) groups is 3. The first-order valence-electron chi connectivity index (χ1n) is 6.60. The van der Waals surface area contributed by atoms with Gasteiger partial charge in [0.15, 0.2) is 0 Å². The Bertz CT molecular complexity index is 564. The number of carbonyl (C=O) groups excluding carboxylic acids is 2. The molecule has 1 aliphatic rings. The van der Waals surface area contributed by atoms with Gasteiger partial charge < -0.3 is 5.11 Å². The number of hydrogen-bond acceptors (Lipinski definition) is 3. The molecule has 0 aliphatic carbocycles. The zero-order valence-electron chi connectivity index (χ0n) is 11.5. The van der Waals surface area contributed by atoms with Crippen LogP contribution >= 0.6 is 0 Å². The number of rotatable bonds is 4. The molecule has 1 atom stereocenters. The van der Waals surface area contributed by atoms with E-state index in [9.17, 15) is 14.4 Å². The molecule has 1 fully saturated rings. The number of benzene rings is 1. The van der Waals surface area contributed by atoms with E-state index in [0.29, 0.717) is 12.1 Å². The van der Waals surface area contributed by atoms with E-state index in [4.69, 9.17) is 5.11 Å². The molecule has 1 aromatic carbocycles. The molecule has 2 amide bonds. The lowest BCUT2D eigenvalue weighted by atomic mass is 9.84. The lowest BCUT2D eigenvalue weighted by molar-refractivity contribution is -0.125. The van der Waals surface area contributed by atoms with Crippen LogP contribution in [0, 0.1) is 5.41 Å². The fourth-order valence-electron chi connectivity index (χ4n) is 2.63. The topological polar surface area (TPSA) is 74.7 Å². The zero-order chi connectivity index (χ0) is 14.9. The van der Waals surface area contributed by atoms with Crippen LogP contribution in [0.4, 0.5) is 5.69 Å². The minimum Gasteiger partial charge on any atom is -0.478 e. The van der Waals surface area contributed by atoms with E-state index in [1.807, 2.05) is 13.8 Å². The molecule has 5 heteroatoms. The summed E-state index contributed by atoms with van der Waals surface area (Å²) in [5.74, 6) is -1.46. The maximum absolute atomic E-state index is 12.4. The van der Waals surface area contributed by atoms with Gasteiger partial charge in [0, 0.05) is 6.42 Å². The van der Waals surface area contributed by atoms with Crippen molar-refractivity contribution in [3.63, 3.8) is 0 Å². The Balaban J connectivity index is 2.31. The number of anilines is 1. The zero-order valence-corrected chi connectivity index (χ0v) is 11.5. The van der Waals surface area contributed by atoms with E-state index < -0.39 is 11.4 Å². The average molecular weight is 275 g/mol. The first kappa shape index (κ1) is 14.2. The molecule has 1 saturated heterocycles. The molecule has 0 saturated carbocycles. The highest BCUT2D eigenvalue weighted by Gasteiger charge is 2.47. The number of carboxylic acids is 1. The van der Waals surface area contributed by atoms with Gasteiger partial charge in [-0.2, -0.15) is 0 Å². The number of amides is 2. The Kier molecular flexibility index (Phi) is 3.61. The molecule has 1 heterocycles. The van der Waals surface area contributed by atoms with Gasteiger partial charge in [0.25, 0.3) is 0 Å². The highest BCUT2D eigenvalue weighted by Crippen LogP contribution is 2.39. The molecule has 0 radical (unpaired) electrons. The molecule has 1 aromatic rings. The molecule has 0 bridgehead atoms. The van der Waals surface area contributed by atoms with Crippen molar-refractivity contribution in [2.24, 2.45) is 5.41 Å². The van der Waals surface area contributed by atoms with Gasteiger partial charge in [-0.1, -0.05) is 20.3 Å². The quantitative estimate of drug-likeness (QED) is 0.856. The van der Waals surface area contributed by atoms with Crippen molar-refractivity contribution in [3.8, 4) is 0 Å². The van der Waals surface area contributed by atoms with Crippen LogP contribution in [0.25, 0.3) is 0 Å². The van der Waals surface area contributed by atoms with Crippen molar-refractivity contribution in [2.75, 3.05) is 4.90 Å². The Morgan fingerprint density at radius 2 is 1.90 bits per heavy atom. The van der Waals surface area contributed by atoms with Crippen molar-refractivity contribution in [1.29, 1.82) is 0 Å². The number of nitrogens with zero attached hydrogens (tertiary/aromatic N) is 1. The fraction of sp³-hybridized carbons (Fsp3) is 0.400. The van der Waals surface area contributed by atoms with E-state index >= 15 is 0 Å². The van der Waals surface area contributed by atoms with Gasteiger partial charge >= 0.3 is 5.97 Å². The number of aromatic carboxylic acids is 1. The lowest BCUT2D eigenvalue weighted by Gasteiger charge is -2.21. The van der Waals surface area contributed by atoms with Crippen molar-refractivity contribution in [3.05, 3.63) is 29.8 Å². The smallest absolute Gasteiger partial charge is 0.335 e. The maximum Gasteiger partial charge on any atom is 0.335 e. The molecule has 106 valence electrons. The van der Waals surface area contributed by atoms with Crippen LogP contribution in [-0.4, -0.2) is 22.9 Å². The molecule has 5 nitrogen and oxygen atoms in total. The molecular formula is C15H17NO4. The van der Waals surface area contributed by atoms with Crippen LogP contribution in [0.2, 0.25) is 0 Å². The van der Waals surface area contributed by atoms with Crippen LogP contribution in [0.1, 0.15) is 43.5 Å². The predicted octanol–water partition coefficient (Wildman–Crippen LogP) is 2.45. The molecule has 0 aromatic heterocycles. The van der Waals surface area contributed by atoms with Crippen molar-refractivity contribution >= 4 is 23.5 Å². The van der Waals surface area contributed by atoms with Gasteiger partial charge in [-0.3, -0.25) is 14.5 Å². The second-order valence-corrected chi connectivity index (χ2v) is 5.37.